The minimum Gasteiger partial charge on any atom is -0.469 e. The summed E-state index contributed by atoms with van der Waals surface area (Å²) in [5, 5.41) is 8.66. The summed E-state index contributed by atoms with van der Waals surface area (Å²) in [4.78, 5) is 10.8. The van der Waals surface area contributed by atoms with Crippen LogP contribution in [0.25, 0.3) is 0 Å². The predicted molar refractivity (Wildman–Crippen MR) is 54.8 cm³/mol. The van der Waals surface area contributed by atoms with Gasteiger partial charge >= 0.3 is 5.97 Å². The van der Waals surface area contributed by atoms with Crippen LogP contribution < -0.4 is 0 Å². The molecule has 0 bridgehead atoms. The van der Waals surface area contributed by atoms with Crippen molar-refractivity contribution < 1.29 is 23.1 Å². The molecule has 1 N–H and O–H groups in total. The summed E-state index contributed by atoms with van der Waals surface area (Å²) in [5.74, 6) is -0.841. The van der Waals surface area contributed by atoms with E-state index >= 15 is 0 Å². The molecule has 0 aromatic carbocycles. The van der Waals surface area contributed by atoms with Crippen molar-refractivity contribution >= 4 is 16.0 Å². The van der Waals surface area contributed by atoms with Crippen molar-refractivity contribution in [2.24, 2.45) is 0 Å². The van der Waals surface area contributed by atoms with Gasteiger partial charge in [0.2, 0.25) is 10.0 Å². The predicted octanol–water partition coefficient (Wildman–Crippen LogP) is -0.806. The van der Waals surface area contributed by atoms with Crippen molar-refractivity contribution in [3.63, 3.8) is 0 Å². The van der Waals surface area contributed by atoms with Crippen LogP contribution in [-0.2, 0) is 19.6 Å². The zero-order valence-electron chi connectivity index (χ0n) is 8.97. The van der Waals surface area contributed by atoms with Gasteiger partial charge in [-0.3, -0.25) is 4.79 Å². The summed E-state index contributed by atoms with van der Waals surface area (Å²) in [6, 6.07) is 0. The number of carbonyl (C=O) groups is 1. The van der Waals surface area contributed by atoms with Gasteiger partial charge in [0, 0.05) is 13.1 Å². The van der Waals surface area contributed by atoms with Crippen molar-refractivity contribution in [3.8, 4) is 0 Å². The van der Waals surface area contributed by atoms with Gasteiger partial charge in [0.1, 0.15) is 0 Å². The highest BCUT2D eigenvalue weighted by molar-refractivity contribution is 7.89. The lowest BCUT2D eigenvalue weighted by atomic mass is 10.5. The molecule has 15 heavy (non-hydrogen) atoms. The van der Waals surface area contributed by atoms with Gasteiger partial charge in [-0.25, -0.2) is 8.42 Å². The summed E-state index contributed by atoms with van der Waals surface area (Å²) in [6.07, 6.45) is -0.166. The molecular weight excluding hydrogens is 222 g/mol. The van der Waals surface area contributed by atoms with E-state index in [0.717, 1.165) is 4.31 Å². The quantitative estimate of drug-likeness (QED) is 0.588. The average molecular weight is 239 g/mol. The molecule has 0 aliphatic carbocycles. The summed E-state index contributed by atoms with van der Waals surface area (Å²) in [6.45, 7) is 1.78. The van der Waals surface area contributed by atoms with Crippen LogP contribution in [0.15, 0.2) is 0 Å². The number of nitrogens with zero attached hydrogens (tertiary/aromatic N) is 1. The van der Waals surface area contributed by atoms with Gasteiger partial charge in [-0.2, -0.15) is 4.31 Å². The van der Waals surface area contributed by atoms with Crippen molar-refractivity contribution in [1.82, 2.24) is 4.31 Å². The third kappa shape index (κ3) is 5.10. The van der Waals surface area contributed by atoms with Crippen LogP contribution in [0.4, 0.5) is 0 Å². The molecule has 0 amide bonds. The van der Waals surface area contributed by atoms with Crippen molar-refractivity contribution in [2.75, 3.05) is 32.6 Å². The Morgan fingerprint density at radius 3 is 2.47 bits per heavy atom. The Balaban J connectivity index is 4.32. The summed E-state index contributed by atoms with van der Waals surface area (Å²) in [5.41, 5.74) is 0. The molecule has 0 saturated heterocycles. The van der Waals surface area contributed by atoms with E-state index in [-0.39, 0.29) is 31.9 Å². The highest BCUT2D eigenvalue weighted by atomic mass is 32.2. The Labute approximate surface area is 89.9 Å². The van der Waals surface area contributed by atoms with Crippen LogP contribution in [0.2, 0.25) is 0 Å². The molecule has 0 spiro atoms. The molecule has 0 radical (unpaired) electrons. The van der Waals surface area contributed by atoms with E-state index in [1.807, 2.05) is 0 Å². The molecule has 0 fully saturated rings. The first-order valence-corrected chi connectivity index (χ1v) is 6.24. The summed E-state index contributed by atoms with van der Waals surface area (Å²) < 4.78 is 28.6. The number of hydrogen-bond acceptors (Lipinski definition) is 5. The second-order valence-electron chi connectivity index (χ2n) is 2.86. The number of hydrogen-bond donors (Lipinski definition) is 1. The average Bonchev–Trinajstić information content (AvgIpc) is 2.22. The standard InChI is InChI=1S/C8H17NO5S/c1-3-9(5-6-10)15(12,13)7-4-8(11)14-2/h10H,3-7H2,1-2H3. The SMILES string of the molecule is CCN(CCO)S(=O)(=O)CCC(=O)OC. The maximum absolute atomic E-state index is 11.6. The highest BCUT2D eigenvalue weighted by Crippen LogP contribution is 2.03. The van der Waals surface area contributed by atoms with Crippen LogP contribution >= 0.6 is 0 Å². The minimum absolute atomic E-state index is 0.0556. The molecule has 6 nitrogen and oxygen atoms in total. The lowest BCUT2D eigenvalue weighted by molar-refractivity contribution is -0.140. The zero-order valence-corrected chi connectivity index (χ0v) is 9.79. The summed E-state index contributed by atoms with van der Waals surface area (Å²) >= 11 is 0. The second-order valence-corrected chi connectivity index (χ2v) is 4.95. The van der Waals surface area contributed by atoms with Crippen LogP contribution in [0.3, 0.4) is 0 Å². The molecule has 0 saturated carbocycles. The molecule has 7 heteroatoms. The first kappa shape index (κ1) is 14.3. The third-order valence-electron chi connectivity index (χ3n) is 1.89. The van der Waals surface area contributed by atoms with E-state index in [2.05, 4.69) is 4.74 Å². The van der Waals surface area contributed by atoms with Crippen molar-refractivity contribution in [3.05, 3.63) is 0 Å². The van der Waals surface area contributed by atoms with Gasteiger partial charge in [0.15, 0.2) is 0 Å². The fourth-order valence-corrected chi connectivity index (χ4v) is 2.48. The molecule has 0 aromatic heterocycles. The van der Waals surface area contributed by atoms with E-state index in [0.29, 0.717) is 0 Å². The maximum atomic E-state index is 11.6. The van der Waals surface area contributed by atoms with Crippen molar-refractivity contribution in [1.29, 1.82) is 0 Å². The smallest absolute Gasteiger partial charge is 0.306 e. The number of carbonyl (C=O) groups excluding carboxylic acids is 1. The maximum Gasteiger partial charge on any atom is 0.306 e. The zero-order chi connectivity index (χ0) is 11.9. The van der Waals surface area contributed by atoms with Crippen LogP contribution in [0, 0.1) is 0 Å². The minimum atomic E-state index is -3.47. The molecule has 0 atom stereocenters. The van der Waals surface area contributed by atoms with Crippen LogP contribution in [0.5, 0.6) is 0 Å². The molecule has 0 rings (SSSR count). The lowest BCUT2D eigenvalue weighted by Gasteiger charge is -2.18. The Kier molecular flexibility index (Phi) is 6.46. The highest BCUT2D eigenvalue weighted by Gasteiger charge is 2.20. The fourth-order valence-electron chi connectivity index (χ4n) is 1.05. The number of likely N-dealkylation sites (N-methyl/N-ethyl adjacent to an activating group) is 1. The second kappa shape index (κ2) is 6.76. The van der Waals surface area contributed by atoms with E-state index < -0.39 is 16.0 Å². The number of methoxy groups -OCH3 is 1. The number of sulfonamides is 1. The van der Waals surface area contributed by atoms with Gasteiger partial charge in [-0.05, 0) is 0 Å². The number of aliphatic hydroxyl groups is 1. The fraction of sp³-hybridized carbons (Fsp3) is 0.875. The Morgan fingerprint density at radius 2 is 2.07 bits per heavy atom. The van der Waals surface area contributed by atoms with E-state index in [1.165, 1.54) is 7.11 Å². The molecule has 0 aliphatic rings. The van der Waals surface area contributed by atoms with Gasteiger partial charge in [-0.15, -0.1) is 0 Å². The van der Waals surface area contributed by atoms with Gasteiger partial charge in [0.25, 0.3) is 0 Å². The molecule has 0 aliphatic heterocycles. The topological polar surface area (TPSA) is 83.9 Å². The molecule has 0 aromatic rings. The normalized spacial score (nSPS) is 11.7. The largest absolute Gasteiger partial charge is 0.469 e. The number of rotatable bonds is 7. The lowest BCUT2D eigenvalue weighted by Crippen LogP contribution is -2.35. The summed E-state index contributed by atoms with van der Waals surface area (Å²) in [7, 11) is -2.26. The number of esters is 1. The van der Waals surface area contributed by atoms with E-state index in [1.54, 1.807) is 6.92 Å². The number of ether oxygens (including phenoxy) is 1. The Bertz CT molecular complexity index is 287. The molecular formula is C8H17NO5S. The van der Waals surface area contributed by atoms with Gasteiger partial charge in [0.05, 0.1) is 25.9 Å². The number of aliphatic hydroxyl groups excluding tert-OH is 1. The van der Waals surface area contributed by atoms with Gasteiger partial charge < -0.3 is 9.84 Å². The molecule has 0 unspecified atom stereocenters. The third-order valence-corrected chi connectivity index (χ3v) is 3.83. The Morgan fingerprint density at radius 1 is 1.47 bits per heavy atom. The Hall–Kier alpha value is -0.660. The monoisotopic (exact) mass is 239 g/mol. The first-order chi connectivity index (χ1) is 6.97. The first-order valence-electron chi connectivity index (χ1n) is 4.63. The van der Waals surface area contributed by atoms with Crippen LogP contribution in [0.1, 0.15) is 13.3 Å². The van der Waals surface area contributed by atoms with Crippen molar-refractivity contribution in [2.45, 2.75) is 13.3 Å². The van der Waals surface area contributed by atoms with Crippen LogP contribution in [-0.4, -0.2) is 56.4 Å². The molecule has 90 valence electrons. The van der Waals surface area contributed by atoms with E-state index in [9.17, 15) is 13.2 Å². The van der Waals surface area contributed by atoms with E-state index in [4.69, 9.17) is 5.11 Å². The molecule has 0 heterocycles. The van der Waals surface area contributed by atoms with Gasteiger partial charge in [-0.1, -0.05) is 6.92 Å².